The van der Waals surface area contributed by atoms with E-state index in [1.54, 1.807) is 22.5 Å². The highest BCUT2D eigenvalue weighted by molar-refractivity contribution is 7.97. The predicted octanol–water partition coefficient (Wildman–Crippen LogP) is 0.902. The molecule has 1 N–H and O–H groups in total. The highest BCUT2D eigenvalue weighted by atomic mass is 32.2. The molecule has 5 heteroatoms. The minimum absolute atomic E-state index is 0.0966. The van der Waals surface area contributed by atoms with E-state index in [0.29, 0.717) is 5.88 Å². The molecule has 0 aliphatic heterocycles. The standard InChI is InChI=1S/C6H8N2O2S/c1-11-4-8-3-2-7-5(8)6(9)10/h2-3H,4H2,1H3,(H,9,10). The number of carboxylic acids is 1. The molecule has 1 aromatic rings. The summed E-state index contributed by atoms with van der Waals surface area (Å²) < 4.78 is 1.59. The molecule has 1 aromatic heterocycles. The lowest BCUT2D eigenvalue weighted by atomic mass is 10.6. The van der Waals surface area contributed by atoms with Crippen LogP contribution in [0.15, 0.2) is 12.4 Å². The van der Waals surface area contributed by atoms with Crippen LogP contribution in [-0.4, -0.2) is 26.9 Å². The Labute approximate surface area is 68.2 Å². The van der Waals surface area contributed by atoms with Gasteiger partial charge in [0.25, 0.3) is 0 Å². The molecule has 0 saturated heterocycles. The zero-order valence-corrected chi connectivity index (χ0v) is 6.84. The van der Waals surface area contributed by atoms with Crippen LogP contribution in [0.25, 0.3) is 0 Å². The molecule has 0 fully saturated rings. The number of aromatic carboxylic acids is 1. The molecule has 4 nitrogen and oxygen atoms in total. The molecule has 11 heavy (non-hydrogen) atoms. The lowest BCUT2D eigenvalue weighted by Crippen LogP contribution is -2.07. The Balaban J connectivity index is 2.87. The van der Waals surface area contributed by atoms with Gasteiger partial charge in [-0.25, -0.2) is 9.78 Å². The van der Waals surface area contributed by atoms with E-state index in [1.807, 2.05) is 6.26 Å². The molecule has 0 aliphatic rings. The molecule has 60 valence electrons. The van der Waals surface area contributed by atoms with Crippen molar-refractivity contribution in [1.29, 1.82) is 0 Å². The summed E-state index contributed by atoms with van der Waals surface area (Å²) in [6, 6.07) is 0. The van der Waals surface area contributed by atoms with Gasteiger partial charge in [-0.15, -0.1) is 11.8 Å². The molecule has 0 unspecified atom stereocenters. The molecule has 0 saturated carbocycles. The summed E-state index contributed by atoms with van der Waals surface area (Å²) in [4.78, 5) is 14.1. The third-order valence-electron chi connectivity index (χ3n) is 1.17. The maximum Gasteiger partial charge on any atom is 0.372 e. The van der Waals surface area contributed by atoms with Gasteiger partial charge in [0.1, 0.15) is 0 Å². The van der Waals surface area contributed by atoms with Crippen molar-refractivity contribution < 1.29 is 9.90 Å². The largest absolute Gasteiger partial charge is 0.475 e. The number of hydrogen-bond acceptors (Lipinski definition) is 3. The summed E-state index contributed by atoms with van der Waals surface area (Å²) in [5.41, 5.74) is 0. The average Bonchev–Trinajstić information content (AvgIpc) is 2.36. The van der Waals surface area contributed by atoms with Crippen LogP contribution in [-0.2, 0) is 5.88 Å². The van der Waals surface area contributed by atoms with E-state index in [1.165, 1.54) is 6.20 Å². The Hall–Kier alpha value is -0.970. The summed E-state index contributed by atoms with van der Waals surface area (Å²) >= 11 is 1.55. The van der Waals surface area contributed by atoms with Gasteiger partial charge in [-0.05, 0) is 6.26 Å². The van der Waals surface area contributed by atoms with Gasteiger partial charge in [-0.3, -0.25) is 0 Å². The molecule has 0 amide bonds. The number of rotatable bonds is 3. The number of nitrogens with zero attached hydrogens (tertiary/aromatic N) is 2. The van der Waals surface area contributed by atoms with Crippen LogP contribution in [0.1, 0.15) is 10.6 Å². The number of carboxylic acid groups (broad SMARTS) is 1. The van der Waals surface area contributed by atoms with Gasteiger partial charge in [0.2, 0.25) is 5.82 Å². The highest BCUT2D eigenvalue weighted by Crippen LogP contribution is 2.03. The molecule has 0 aromatic carbocycles. The fourth-order valence-electron chi connectivity index (χ4n) is 0.750. The maximum absolute atomic E-state index is 10.5. The molecule has 1 heterocycles. The second kappa shape index (κ2) is 3.43. The first kappa shape index (κ1) is 8.13. The second-order valence-electron chi connectivity index (χ2n) is 1.94. The monoisotopic (exact) mass is 172 g/mol. The van der Waals surface area contributed by atoms with Crippen LogP contribution in [0.3, 0.4) is 0 Å². The fraction of sp³-hybridized carbons (Fsp3) is 0.333. The minimum atomic E-state index is -0.982. The second-order valence-corrected chi connectivity index (χ2v) is 2.78. The highest BCUT2D eigenvalue weighted by Gasteiger charge is 2.08. The quantitative estimate of drug-likeness (QED) is 0.736. The van der Waals surface area contributed by atoms with Crippen LogP contribution in [0.2, 0.25) is 0 Å². The first-order valence-electron chi connectivity index (χ1n) is 2.99. The SMILES string of the molecule is CSCn1ccnc1C(=O)O. The normalized spacial score (nSPS) is 9.91. The van der Waals surface area contributed by atoms with E-state index in [2.05, 4.69) is 4.98 Å². The molecule has 1 rings (SSSR count). The van der Waals surface area contributed by atoms with Crippen LogP contribution >= 0.6 is 11.8 Å². The van der Waals surface area contributed by atoms with Crippen molar-refractivity contribution in [3.05, 3.63) is 18.2 Å². The van der Waals surface area contributed by atoms with Crippen LogP contribution in [0.5, 0.6) is 0 Å². The summed E-state index contributed by atoms with van der Waals surface area (Å²) in [7, 11) is 0. The fourth-order valence-corrected chi connectivity index (χ4v) is 1.24. The smallest absolute Gasteiger partial charge is 0.372 e. The Morgan fingerprint density at radius 2 is 2.64 bits per heavy atom. The van der Waals surface area contributed by atoms with Gasteiger partial charge >= 0.3 is 5.97 Å². The lowest BCUT2D eigenvalue weighted by molar-refractivity contribution is 0.0679. The van der Waals surface area contributed by atoms with Crippen molar-refractivity contribution in [2.24, 2.45) is 0 Å². The number of thioether (sulfide) groups is 1. The number of hydrogen-bond donors (Lipinski definition) is 1. The van der Waals surface area contributed by atoms with E-state index in [-0.39, 0.29) is 5.82 Å². The zero-order chi connectivity index (χ0) is 8.27. The first-order valence-corrected chi connectivity index (χ1v) is 4.38. The van der Waals surface area contributed by atoms with E-state index in [9.17, 15) is 4.79 Å². The van der Waals surface area contributed by atoms with Crippen molar-refractivity contribution in [3.63, 3.8) is 0 Å². The number of aromatic nitrogens is 2. The molecule has 0 bridgehead atoms. The predicted molar refractivity (Wildman–Crippen MR) is 42.7 cm³/mol. The lowest BCUT2D eigenvalue weighted by Gasteiger charge is -1.99. The number of carbonyl (C=O) groups is 1. The zero-order valence-electron chi connectivity index (χ0n) is 6.02. The topological polar surface area (TPSA) is 55.1 Å². The van der Waals surface area contributed by atoms with Crippen molar-refractivity contribution in [2.45, 2.75) is 5.88 Å². The van der Waals surface area contributed by atoms with Crippen LogP contribution in [0.4, 0.5) is 0 Å². The van der Waals surface area contributed by atoms with Crippen molar-refractivity contribution in [2.75, 3.05) is 6.26 Å². The Morgan fingerprint density at radius 1 is 1.91 bits per heavy atom. The summed E-state index contributed by atoms with van der Waals surface area (Å²) in [5.74, 6) is -0.259. The van der Waals surface area contributed by atoms with Gasteiger partial charge in [0.15, 0.2) is 0 Å². The van der Waals surface area contributed by atoms with Crippen molar-refractivity contribution in [3.8, 4) is 0 Å². The van der Waals surface area contributed by atoms with Gasteiger partial charge in [-0.2, -0.15) is 0 Å². The first-order chi connectivity index (χ1) is 5.25. The maximum atomic E-state index is 10.5. The molecule has 0 spiro atoms. The van der Waals surface area contributed by atoms with Gasteiger partial charge in [-0.1, -0.05) is 0 Å². The summed E-state index contributed by atoms with van der Waals surface area (Å²) in [6.45, 7) is 0. The van der Waals surface area contributed by atoms with Crippen LogP contribution < -0.4 is 0 Å². The molecular formula is C6H8N2O2S. The van der Waals surface area contributed by atoms with E-state index < -0.39 is 5.97 Å². The Bertz CT molecular complexity index is 259. The third kappa shape index (κ3) is 1.74. The minimum Gasteiger partial charge on any atom is -0.475 e. The van der Waals surface area contributed by atoms with E-state index >= 15 is 0 Å². The van der Waals surface area contributed by atoms with E-state index in [0.717, 1.165) is 0 Å². The number of imidazole rings is 1. The van der Waals surface area contributed by atoms with Gasteiger partial charge in [0, 0.05) is 12.4 Å². The van der Waals surface area contributed by atoms with E-state index in [4.69, 9.17) is 5.11 Å². The van der Waals surface area contributed by atoms with Crippen molar-refractivity contribution in [1.82, 2.24) is 9.55 Å². The summed E-state index contributed by atoms with van der Waals surface area (Å²) in [5, 5.41) is 8.59. The molecule has 0 radical (unpaired) electrons. The average molecular weight is 172 g/mol. The molecule has 0 aliphatic carbocycles. The van der Waals surface area contributed by atoms with Crippen LogP contribution in [0, 0.1) is 0 Å². The Kier molecular flexibility index (Phi) is 2.53. The Morgan fingerprint density at radius 3 is 3.18 bits per heavy atom. The molecular weight excluding hydrogens is 164 g/mol. The third-order valence-corrected chi connectivity index (χ3v) is 1.71. The van der Waals surface area contributed by atoms with Gasteiger partial charge in [0.05, 0.1) is 5.88 Å². The van der Waals surface area contributed by atoms with Gasteiger partial charge < -0.3 is 9.67 Å². The summed E-state index contributed by atoms with van der Waals surface area (Å²) in [6.07, 6.45) is 5.05. The van der Waals surface area contributed by atoms with Crippen molar-refractivity contribution >= 4 is 17.7 Å². The molecule has 0 atom stereocenters.